The van der Waals surface area contributed by atoms with Gasteiger partial charge in [-0.05, 0) is 24.3 Å². The minimum Gasteiger partial charge on any atom is -0.493 e. The molecule has 0 saturated carbocycles. The average Bonchev–Trinajstić information content (AvgIpc) is 2.93. The summed E-state index contributed by atoms with van der Waals surface area (Å²) in [5.41, 5.74) is 0.0628. The van der Waals surface area contributed by atoms with Gasteiger partial charge in [-0.1, -0.05) is 0 Å². The van der Waals surface area contributed by atoms with E-state index in [1.165, 1.54) is 37.4 Å². The zero-order valence-electron chi connectivity index (χ0n) is 10.9. The van der Waals surface area contributed by atoms with Gasteiger partial charge in [-0.2, -0.15) is 0 Å². The molecule has 0 bridgehead atoms. The largest absolute Gasteiger partial charge is 0.493 e. The molecule has 8 nitrogen and oxygen atoms in total. The van der Waals surface area contributed by atoms with Crippen molar-refractivity contribution in [1.29, 1.82) is 0 Å². The van der Waals surface area contributed by atoms with E-state index in [0.29, 0.717) is 5.75 Å². The van der Waals surface area contributed by atoms with Gasteiger partial charge in [-0.3, -0.25) is 10.1 Å². The van der Waals surface area contributed by atoms with Crippen LogP contribution in [-0.4, -0.2) is 23.1 Å². The molecule has 0 amide bonds. The van der Waals surface area contributed by atoms with Crippen LogP contribution in [0.1, 0.15) is 16.1 Å². The molecule has 0 aliphatic rings. The lowest BCUT2D eigenvalue weighted by atomic mass is 10.2. The summed E-state index contributed by atoms with van der Waals surface area (Å²) in [6.07, 6.45) is 0. The van der Waals surface area contributed by atoms with Crippen molar-refractivity contribution >= 4 is 11.9 Å². The second kappa shape index (κ2) is 5.95. The Balaban J connectivity index is 2.11. The van der Waals surface area contributed by atoms with Crippen molar-refractivity contribution in [2.24, 2.45) is 0 Å². The third kappa shape index (κ3) is 3.30. The maximum Gasteiger partial charge on any atom is 0.433 e. The number of hydrogen-bond acceptors (Lipinski definition) is 6. The Bertz CT molecular complexity index is 677. The Morgan fingerprint density at radius 1 is 1.33 bits per heavy atom. The lowest BCUT2D eigenvalue weighted by Gasteiger charge is -2.10. The molecule has 1 aromatic carbocycles. The summed E-state index contributed by atoms with van der Waals surface area (Å²) in [5, 5.41) is 19.4. The fourth-order valence-corrected chi connectivity index (χ4v) is 1.61. The molecule has 1 N–H and O–H groups in total. The standard InChI is InChI=1S/C13H11NO7/c1-19-11-6-8(13(15)16)2-4-10(11)20-7-9-3-5-12(21-9)14(17)18/h2-6H,7H2,1H3,(H,15,16). The van der Waals surface area contributed by atoms with Crippen molar-refractivity contribution in [3.8, 4) is 11.5 Å². The smallest absolute Gasteiger partial charge is 0.433 e. The molecule has 1 aromatic heterocycles. The number of rotatable bonds is 6. The van der Waals surface area contributed by atoms with Gasteiger partial charge in [0.25, 0.3) is 0 Å². The maximum atomic E-state index is 10.9. The van der Waals surface area contributed by atoms with E-state index in [9.17, 15) is 14.9 Å². The van der Waals surface area contributed by atoms with E-state index in [4.69, 9.17) is 19.0 Å². The second-order valence-electron chi connectivity index (χ2n) is 3.96. The summed E-state index contributed by atoms with van der Waals surface area (Å²) in [7, 11) is 1.38. The number of benzene rings is 1. The van der Waals surface area contributed by atoms with Crippen LogP contribution in [0.25, 0.3) is 0 Å². The first-order chi connectivity index (χ1) is 10.0. The summed E-state index contributed by atoms with van der Waals surface area (Å²) in [6, 6.07) is 6.78. The highest BCUT2D eigenvalue weighted by Gasteiger charge is 2.14. The molecule has 0 atom stereocenters. The number of furan rings is 1. The number of carboxylic acid groups (broad SMARTS) is 1. The van der Waals surface area contributed by atoms with Gasteiger partial charge in [0, 0.05) is 0 Å². The van der Waals surface area contributed by atoms with Crippen LogP contribution >= 0.6 is 0 Å². The van der Waals surface area contributed by atoms with Crippen molar-refractivity contribution < 1.29 is 28.7 Å². The number of ether oxygens (including phenoxy) is 2. The molecule has 2 rings (SSSR count). The van der Waals surface area contributed by atoms with Gasteiger partial charge >= 0.3 is 11.9 Å². The molecule has 0 fully saturated rings. The Kier molecular flexibility index (Phi) is 4.07. The average molecular weight is 293 g/mol. The third-order valence-electron chi connectivity index (χ3n) is 2.61. The number of carboxylic acids is 1. The molecule has 8 heteroatoms. The SMILES string of the molecule is COc1cc(C(=O)O)ccc1OCc1ccc([N+](=O)[O-])o1. The molecule has 0 saturated heterocycles. The Labute approximate surface area is 118 Å². The van der Waals surface area contributed by atoms with E-state index in [-0.39, 0.29) is 29.6 Å². The quantitative estimate of drug-likeness (QED) is 0.643. The van der Waals surface area contributed by atoms with Crippen LogP contribution in [0.4, 0.5) is 5.88 Å². The van der Waals surface area contributed by atoms with Crippen LogP contribution in [0.5, 0.6) is 11.5 Å². The number of methoxy groups -OCH3 is 1. The molecule has 0 aliphatic heterocycles. The van der Waals surface area contributed by atoms with Crippen LogP contribution in [0, 0.1) is 10.1 Å². The summed E-state index contributed by atoms with van der Waals surface area (Å²) >= 11 is 0. The van der Waals surface area contributed by atoms with E-state index in [1.807, 2.05) is 0 Å². The zero-order chi connectivity index (χ0) is 15.4. The summed E-state index contributed by atoms with van der Waals surface area (Å²) in [5.74, 6) is -0.633. The van der Waals surface area contributed by atoms with E-state index >= 15 is 0 Å². The molecule has 110 valence electrons. The van der Waals surface area contributed by atoms with Crippen LogP contribution < -0.4 is 9.47 Å². The van der Waals surface area contributed by atoms with Gasteiger partial charge in [0.1, 0.15) is 17.3 Å². The van der Waals surface area contributed by atoms with Crippen molar-refractivity contribution in [1.82, 2.24) is 0 Å². The highest BCUT2D eigenvalue weighted by atomic mass is 16.6. The van der Waals surface area contributed by atoms with Gasteiger partial charge in [-0.15, -0.1) is 0 Å². The summed E-state index contributed by atoms with van der Waals surface area (Å²) < 4.78 is 15.4. The minimum atomic E-state index is -1.08. The van der Waals surface area contributed by atoms with Gasteiger partial charge < -0.3 is 19.0 Å². The maximum absolute atomic E-state index is 10.9. The molecule has 1 heterocycles. The number of aromatic carboxylic acids is 1. The van der Waals surface area contributed by atoms with E-state index in [0.717, 1.165) is 0 Å². The predicted molar refractivity (Wildman–Crippen MR) is 69.6 cm³/mol. The molecular weight excluding hydrogens is 282 g/mol. The number of nitro groups is 1. The fraction of sp³-hybridized carbons (Fsp3) is 0.154. The van der Waals surface area contributed by atoms with Gasteiger partial charge in [0.2, 0.25) is 0 Å². The topological polar surface area (TPSA) is 112 Å². The Morgan fingerprint density at radius 3 is 2.67 bits per heavy atom. The second-order valence-corrected chi connectivity index (χ2v) is 3.96. The molecule has 0 aliphatic carbocycles. The van der Waals surface area contributed by atoms with Crippen LogP contribution in [-0.2, 0) is 6.61 Å². The zero-order valence-corrected chi connectivity index (χ0v) is 10.9. The van der Waals surface area contributed by atoms with Crippen LogP contribution in [0.2, 0.25) is 0 Å². The highest BCUT2D eigenvalue weighted by Crippen LogP contribution is 2.29. The lowest BCUT2D eigenvalue weighted by molar-refractivity contribution is -0.402. The summed E-state index contributed by atoms with van der Waals surface area (Å²) in [4.78, 5) is 20.7. The third-order valence-corrected chi connectivity index (χ3v) is 2.61. The monoisotopic (exact) mass is 293 g/mol. The summed E-state index contributed by atoms with van der Waals surface area (Å²) in [6.45, 7) is -0.0450. The highest BCUT2D eigenvalue weighted by molar-refractivity contribution is 5.88. The molecular formula is C13H11NO7. The first-order valence-electron chi connectivity index (χ1n) is 5.78. The molecule has 0 unspecified atom stereocenters. The molecule has 21 heavy (non-hydrogen) atoms. The van der Waals surface area contributed by atoms with E-state index in [1.54, 1.807) is 0 Å². The predicted octanol–water partition coefficient (Wildman–Crippen LogP) is 2.47. The van der Waals surface area contributed by atoms with Gasteiger partial charge in [0.15, 0.2) is 11.5 Å². The van der Waals surface area contributed by atoms with Crippen molar-refractivity contribution in [3.05, 3.63) is 51.8 Å². The van der Waals surface area contributed by atoms with Crippen molar-refractivity contribution in [2.75, 3.05) is 7.11 Å². The van der Waals surface area contributed by atoms with Gasteiger partial charge in [-0.25, -0.2) is 4.79 Å². The lowest BCUT2D eigenvalue weighted by Crippen LogP contribution is -2.00. The minimum absolute atomic E-state index is 0.0450. The first kappa shape index (κ1) is 14.4. The molecule has 2 aromatic rings. The van der Waals surface area contributed by atoms with Crippen molar-refractivity contribution in [2.45, 2.75) is 6.61 Å². The normalized spacial score (nSPS) is 10.1. The first-order valence-corrected chi connectivity index (χ1v) is 5.78. The van der Waals surface area contributed by atoms with Crippen LogP contribution in [0.3, 0.4) is 0 Å². The molecule has 0 radical (unpaired) electrons. The Hall–Kier alpha value is -3.03. The molecule has 0 spiro atoms. The number of carbonyl (C=O) groups is 1. The number of hydrogen-bond donors (Lipinski definition) is 1. The Morgan fingerprint density at radius 2 is 2.10 bits per heavy atom. The van der Waals surface area contributed by atoms with E-state index in [2.05, 4.69) is 0 Å². The fourth-order valence-electron chi connectivity index (χ4n) is 1.61. The van der Waals surface area contributed by atoms with Gasteiger partial charge in [0.05, 0.1) is 18.7 Å². The number of nitrogens with zero attached hydrogens (tertiary/aromatic N) is 1. The van der Waals surface area contributed by atoms with Crippen LogP contribution in [0.15, 0.2) is 34.7 Å². The van der Waals surface area contributed by atoms with E-state index < -0.39 is 10.9 Å². The van der Waals surface area contributed by atoms with Crippen molar-refractivity contribution in [3.63, 3.8) is 0 Å².